The molecule has 3 aromatic rings. The van der Waals surface area contributed by atoms with Gasteiger partial charge in [-0.25, -0.2) is 9.97 Å². The Hall–Kier alpha value is -2.93. The number of nitrogens with one attached hydrogen (secondary N) is 1. The highest BCUT2D eigenvalue weighted by atomic mass is 35.5. The Morgan fingerprint density at radius 1 is 1.21 bits per heavy atom. The van der Waals surface area contributed by atoms with Crippen LogP contribution in [0, 0.1) is 0 Å². The normalized spacial score (nSPS) is 13.5. The van der Waals surface area contributed by atoms with Crippen molar-refractivity contribution in [1.29, 1.82) is 0 Å². The summed E-state index contributed by atoms with van der Waals surface area (Å²) in [5, 5.41) is 7.80. The van der Waals surface area contributed by atoms with Crippen LogP contribution in [0.2, 0.25) is 5.02 Å². The Morgan fingerprint density at radius 2 is 2.08 bits per heavy atom. The van der Waals surface area contributed by atoms with Crippen molar-refractivity contribution in [1.82, 2.24) is 25.1 Å². The fourth-order valence-corrected chi connectivity index (χ4v) is 2.81. The summed E-state index contributed by atoms with van der Waals surface area (Å²) in [6.45, 7) is 1.21. The predicted octanol–water partition coefficient (Wildman–Crippen LogP) is 1.99. The third kappa shape index (κ3) is 2.48. The molecule has 7 nitrogen and oxygen atoms in total. The van der Waals surface area contributed by atoms with E-state index in [2.05, 4.69) is 20.4 Å². The van der Waals surface area contributed by atoms with E-state index in [-0.39, 0.29) is 5.91 Å². The van der Waals surface area contributed by atoms with Crippen molar-refractivity contribution in [2.75, 3.05) is 12.3 Å². The number of fused-ring (bicyclic) bond motifs is 1. The van der Waals surface area contributed by atoms with Gasteiger partial charge in [0.05, 0.1) is 12.2 Å². The van der Waals surface area contributed by atoms with E-state index in [0.29, 0.717) is 52.3 Å². The quantitative estimate of drug-likeness (QED) is 0.695. The van der Waals surface area contributed by atoms with Crippen molar-refractivity contribution in [3.05, 3.63) is 47.2 Å². The van der Waals surface area contributed by atoms with Crippen molar-refractivity contribution in [2.45, 2.75) is 6.54 Å². The number of hydrogen-bond acceptors (Lipinski definition) is 5. The second kappa shape index (κ2) is 5.61. The van der Waals surface area contributed by atoms with Gasteiger partial charge in [-0.3, -0.25) is 9.48 Å². The van der Waals surface area contributed by atoms with Gasteiger partial charge in [-0.1, -0.05) is 11.6 Å². The third-order valence-corrected chi connectivity index (χ3v) is 4.03. The van der Waals surface area contributed by atoms with Gasteiger partial charge in [0, 0.05) is 29.0 Å². The molecular weight excluding hydrogens is 328 g/mol. The van der Waals surface area contributed by atoms with E-state index in [1.165, 1.54) is 0 Å². The molecule has 1 aliphatic heterocycles. The van der Waals surface area contributed by atoms with Gasteiger partial charge in [0.15, 0.2) is 5.82 Å². The molecule has 0 unspecified atom stereocenters. The first-order valence-electron chi connectivity index (χ1n) is 7.37. The summed E-state index contributed by atoms with van der Waals surface area (Å²) in [6, 6.07) is 8.66. The molecule has 0 fully saturated rings. The van der Waals surface area contributed by atoms with E-state index in [1.54, 1.807) is 41.2 Å². The molecule has 0 radical (unpaired) electrons. The lowest BCUT2D eigenvalue weighted by molar-refractivity contribution is 0.0924. The van der Waals surface area contributed by atoms with Crippen LogP contribution in [0.1, 0.15) is 10.5 Å². The average Bonchev–Trinajstić information content (AvgIpc) is 3.01. The number of carbonyl (C=O) groups excluding carboxylic acids is 1. The molecule has 0 spiro atoms. The van der Waals surface area contributed by atoms with Crippen molar-refractivity contribution < 1.29 is 4.79 Å². The summed E-state index contributed by atoms with van der Waals surface area (Å²) in [5.74, 6) is 0.355. The molecule has 4 rings (SSSR count). The monoisotopic (exact) mass is 340 g/mol. The van der Waals surface area contributed by atoms with Gasteiger partial charge in [0.2, 0.25) is 0 Å². The zero-order chi connectivity index (χ0) is 16.7. The maximum Gasteiger partial charge on any atom is 0.269 e. The largest absolute Gasteiger partial charge is 0.398 e. The average molecular weight is 341 g/mol. The van der Waals surface area contributed by atoms with Gasteiger partial charge in [-0.2, -0.15) is 5.10 Å². The van der Waals surface area contributed by atoms with Crippen molar-refractivity contribution >= 4 is 23.2 Å². The molecule has 2 aromatic heterocycles. The van der Waals surface area contributed by atoms with Crippen LogP contribution in [0.25, 0.3) is 22.8 Å². The summed E-state index contributed by atoms with van der Waals surface area (Å²) >= 11 is 5.93. The highest BCUT2D eigenvalue weighted by Crippen LogP contribution is 2.27. The Labute approximate surface area is 142 Å². The minimum Gasteiger partial charge on any atom is -0.398 e. The number of aromatic nitrogens is 4. The molecule has 0 saturated carbocycles. The van der Waals surface area contributed by atoms with Gasteiger partial charge in [-0.05, 0) is 30.3 Å². The second-order valence-corrected chi connectivity index (χ2v) is 5.83. The second-order valence-electron chi connectivity index (χ2n) is 5.39. The number of hydrogen-bond donors (Lipinski definition) is 2. The van der Waals surface area contributed by atoms with E-state index < -0.39 is 0 Å². The molecule has 0 aliphatic carbocycles. The number of amides is 1. The summed E-state index contributed by atoms with van der Waals surface area (Å²) in [4.78, 5) is 20.7. The molecule has 3 heterocycles. The molecule has 1 amide bonds. The first-order chi connectivity index (χ1) is 11.6. The maximum atomic E-state index is 11.9. The Bertz CT molecular complexity index is 951. The summed E-state index contributed by atoms with van der Waals surface area (Å²) in [5.41, 5.74) is 8.99. The first kappa shape index (κ1) is 14.6. The van der Waals surface area contributed by atoms with Crippen LogP contribution in [-0.2, 0) is 6.54 Å². The molecule has 24 heavy (non-hydrogen) atoms. The highest BCUT2D eigenvalue weighted by molar-refractivity contribution is 6.31. The van der Waals surface area contributed by atoms with E-state index in [9.17, 15) is 4.79 Å². The SMILES string of the molecule is Nc1cc(Cl)ccc1-c1nccc(-c2cc3n(n2)CCNC3=O)n1. The van der Waals surface area contributed by atoms with Crippen LogP contribution >= 0.6 is 11.6 Å². The summed E-state index contributed by atoms with van der Waals surface area (Å²) < 4.78 is 1.69. The number of carbonyl (C=O) groups is 1. The topological polar surface area (TPSA) is 98.7 Å². The minimum absolute atomic E-state index is 0.128. The third-order valence-electron chi connectivity index (χ3n) is 3.79. The van der Waals surface area contributed by atoms with Gasteiger partial charge in [0.25, 0.3) is 5.91 Å². The lowest BCUT2D eigenvalue weighted by atomic mass is 10.1. The fourth-order valence-electron chi connectivity index (χ4n) is 2.63. The molecule has 8 heteroatoms. The van der Waals surface area contributed by atoms with Crippen LogP contribution in [-0.4, -0.2) is 32.2 Å². The van der Waals surface area contributed by atoms with Crippen molar-refractivity contribution in [3.63, 3.8) is 0 Å². The van der Waals surface area contributed by atoms with Gasteiger partial charge >= 0.3 is 0 Å². The van der Waals surface area contributed by atoms with E-state index in [0.717, 1.165) is 0 Å². The van der Waals surface area contributed by atoms with Crippen LogP contribution < -0.4 is 11.1 Å². The molecule has 0 saturated heterocycles. The van der Waals surface area contributed by atoms with E-state index in [4.69, 9.17) is 17.3 Å². The maximum absolute atomic E-state index is 11.9. The van der Waals surface area contributed by atoms with Crippen LogP contribution in [0.4, 0.5) is 5.69 Å². The van der Waals surface area contributed by atoms with Crippen molar-refractivity contribution in [2.24, 2.45) is 0 Å². The zero-order valence-corrected chi connectivity index (χ0v) is 13.3. The first-order valence-corrected chi connectivity index (χ1v) is 7.74. The van der Waals surface area contributed by atoms with Crippen LogP contribution in [0.5, 0.6) is 0 Å². The van der Waals surface area contributed by atoms with E-state index in [1.807, 2.05) is 0 Å². The Morgan fingerprint density at radius 3 is 2.88 bits per heavy atom. The van der Waals surface area contributed by atoms with Gasteiger partial charge in [0.1, 0.15) is 11.4 Å². The van der Waals surface area contributed by atoms with Gasteiger partial charge in [-0.15, -0.1) is 0 Å². The number of anilines is 1. The molecule has 3 N–H and O–H groups in total. The molecule has 1 aromatic carbocycles. The molecule has 120 valence electrons. The van der Waals surface area contributed by atoms with Gasteiger partial charge < -0.3 is 11.1 Å². The number of nitrogens with two attached hydrogens (primary N) is 1. The molecular formula is C16H13ClN6O. The highest BCUT2D eigenvalue weighted by Gasteiger charge is 2.20. The lowest BCUT2D eigenvalue weighted by Gasteiger charge is -2.13. The van der Waals surface area contributed by atoms with Crippen LogP contribution in [0.3, 0.4) is 0 Å². The summed E-state index contributed by atoms with van der Waals surface area (Å²) in [6.07, 6.45) is 1.64. The van der Waals surface area contributed by atoms with Crippen LogP contribution in [0.15, 0.2) is 36.5 Å². The standard InChI is InChI=1S/C16H13ClN6O/c17-9-1-2-10(11(18)7-9)15-19-4-3-12(21-15)13-8-14-16(24)20-5-6-23(14)22-13/h1-4,7-8H,5-6,18H2,(H,20,24). The Balaban J connectivity index is 1.77. The molecule has 0 bridgehead atoms. The number of benzene rings is 1. The molecule has 0 atom stereocenters. The fraction of sp³-hybridized carbons (Fsp3) is 0.125. The summed E-state index contributed by atoms with van der Waals surface area (Å²) in [7, 11) is 0. The zero-order valence-electron chi connectivity index (χ0n) is 12.5. The van der Waals surface area contributed by atoms with Crippen molar-refractivity contribution in [3.8, 4) is 22.8 Å². The Kier molecular flexibility index (Phi) is 3.42. The smallest absolute Gasteiger partial charge is 0.269 e. The minimum atomic E-state index is -0.128. The number of nitrogen functional groups attached to an aromatic ring is 1. The lowest BCUT2D eigenvalue weighted by Crippen LogP contribution is -2.35. The number of halogens is 1. The number of nitrogens with zero attached hydrogens (tertiary/aromatic N) is 4. The molecule has 1 aliphatic rings. The predicted molar refractivity (Wildman–Crippen MR) is 90.4 cm³/mol. The van der Waals surface area contributed by atoms with E-state index >= 15 is 0 Å². The number of rotatable bonds is 2.